The van der Waals surface area contributed by atoms with Gasteiger partial charge in [-0.1, -0.05) is 31.5 Å². The van der Waals surface area contributed by atoms with Gasteiger partial charge in [-0.25, -0.2) is 0 Å². The quantitative estimate of drug-likeness (QED) is 0.711. The van der Waals surface area contributed by atoms with Gasteiger partial charge in [-0.05, 0) is 25.8 Å². The molecule has 0 saturated heterocycles. The molecule has 0 bridgehead atoms. The molecule has 0 aliphatic heterocycles. The smallest absolute Gasteiger partial charge is 0.177 e. The average Bonchev–Trinajstić information content (AvgIpc) is 2.43. The molecule has 2 nitrogen and oxygen atoms in total. The third-order valence-electron chi connectivity index (χ3n) is 3.50. The lowest BCUT2D eigenvalue weighted by Gasteiger charge is -2.18. The predicted molar refractivity (Wildman–Crippen MR) is 62.9 cm³/mol. The number of aryl methyl sites for hydroxylation is 1. The van der Waals surface area contributed by atoms with Gasteiger partial charge in [0.05, 0.1) is 5.41 Å². The van der Waals surface area contributed by atoms with E-state index in [-0.39, 0.29) is 11.6 Å². The molecule has 0 fully saturated rings. The second-order valence-corrected chi connectivity index (χ2v) is 4.74. The highest BCUT2D eigenvalue weighted by atomic mass is 16.2. The van der Waals surface area contributed by atoms with Crippen LogP contribution in [0.15, 0.2) is 18.2 Å². The molecule has 0 N–H and O–H groups in total. The van der Waals surface area contributed by atoms with Gasteiger partial charge in [0.1, 0.15) is 0 Å². The number of carbonyl (C=O) groups excluding carboxylic acids is 2. The summed E-state index contributed by atoms with van der Waals surface area (Å²) in [6.07, 6.45) is 1.49. The van der Waals surface area contributed by atoms with Gasteiger partial charge < -0.3 is 0 Å². The summed E-state index contributed by atoms with van der Waals surface area (Å²) in [6, 6.07) is 5.50. The molecule has 0 radical (unpaired) electrons. The Morgan fingerprint density at radius 3 is 2.44 bits per heavy atom. The molecule has 2 heteroatoms. The molecule has 1 unspecified atom stereocenters. The van der Waals surface area contributed by atoms with Gasteiger partial charge in [0, 0.05) is 11.1 Å². The van der Waals surface area contributed by atoms with Gasteiger partial charge in [0.25, 0.3) is 0 Å². The lowest BCUT2D eigenvalue weighted by Crippen LogP contribution is -2.29. The van der Waals surface area contributed by atoms with E-state index in [9.17, 15) is 9.59 Å². The summed E-state index contributed by atoms with van der Waals surface area (Å²) in [5.41, 5.74) is 1.35. The third kappa shape index (κ3) is 1.26. The van der Waals surface area contributed by atoms with Crippen LogP contribution in [0.1, 0.15) is 53.0 Å². The molecular weight excluding hydrogens is 200 g/mol. The minimum Gasteiger partial charge on any atom is -0.293 e. The second kappa shape index (κ2) is 3.55. The SMILES string of the molecule is CCCC1(C)C(=O)c2cccc(C)c2C1=O. The van der Waals surface area contributed by atoms with Crippen molar-refractivity contribution in [2.75, 3.05) is 0 Å². The highest BCUT2D eigenvalue weighted by molar-refractivity contribution is 6.29. The van der Waals surface area contributed by atoms with Crippen LogP contribution in [0.25, 0.3) is 0 Å². The van der Waals surface area contributed by atoms with Crippen molar-refractivity contribution in [1.82, 2.24) is 0 Å². The van der Waals surface area contributed by atoms with E-state index in [0.717, 1.165) is 12.0 Å². The Balaban J connectivity index is 2.61. The summed E-state index contributed by atoms with van der Waals surface area (Å²) in [7, 11) is 0. The van der Waals surface area contributed by atoms with Crippen LogP contribution in [0.5, 0.6) is 0 Å². The van der Waals surface area contributed by atoms with Crippen molar-refractivity contribution in [1.29, 1.82) is 0 Å². The average molecular weight is 216 g/mol. The zero-order valence-electron chi connectivity index (χ0n) is 9.96. The van der Waals surface area contributed by atoms with E-state index in [1.54, 1.807) is 13.0 Å². The molecule has 1 aromatic carbocycles. The Morgan fingerprint density at radius 2 is 1.88 bits per heavy atom. The van der Waals surface area contributed by atoms with Gasteiger partial charge in [0.2, 0.25) is 0 Å². The highest BCUT2D eigenvalue weighted by Crippen LogP contribution is 2.41. The fourth-order valence-electron chi connectivity index (χ4n) is 2.56. The molecule has 0 saturated carbocycles. The third-order valence-corrected chi connectivity index (χ3v) is 3.50. The Morgan fingerprint density at radius 1 is 1.19 bits per heavy atom. The molecule has 1 aliphatic rings. The maximum Gasteiger partial charge on any atom is 0.177 e. The number of Topliss-reactive ketones (excluding diaryl/α,β-unsaturated/α-hetero) is 2. The van der Waals surface area contributed by atoms with E-state index in [2.05, 4.69) is 0 Å². The first-order chi connectivity index (χ1) is 7.52. The number of hydrogen-bond donors (Lipinski definition) is 0. The van der Waals surface area contributed by atoms with Gasteiger partial charge in [-0.3, -0.25) is 9.59 Å². The lowest BCUT2D eigenvalue weighted by atomic mass is 9.80. The number of hydrogen-bond acceptors (Lipinski definition) is 2. The van der Waals surface area contributed by atoms with Crippen LogP contribution >= 0.6 is 0 Å². The van der Waals surface area contributed by atoms with Crippen molar-refractivity contribution in [2.45, 2.75) is 33.6 Å². The molecule has 84 valence electrons. The Bertz CT molecular complexity index is 474. The fraction of sp³-hybridized carbons (Fsp3) is 0.429. The van der Waals surface area contributed by atoms with Crippen LogP contribution in [0.4, 0.5) is 0 Å². The minimum absolute atomic E-state index is 0.00181. The van der Waals surface area contributed by atoms with Crippen molar-refractivity contribution in [2.24, 2.45) is 5.41 Å². The first-order valence-corrected chi connectivity index (χ1v) is 5.71. The summed E-state index contributed by atoms with van der Waals surface area (Å²) in [5.74, 6) is 0.00509. The van der Waals surface area contributed by atoms with Crippen LogP contribution < -0.4 is 0 Å². The monoisotopic (exact) mass is 216 g/mol. The largest absolute Gasteiger partial charge is 0.293 e. The van der Waals surface area contributed by atoms with E-state index >= 15 is 0 Å². The summed E-state index contributed by atoms with van der Waals surface area (Å²) in [5, 5.41) is 0. The number of ketones is 2. The maximum absolute atomic E-state index is 12.3. The van der Waals surface area contributed by atoms with Crippen molar-refractivity contribution < 1.29 is 9.59 Å². The summed E-state index contributed by atoms with van der Waals surface area (Å²) >= 11 is 0. The van der Waals surface area contributed by atoms with Gasteiger partial charge in [-0.15, -0.1) is 0 Å². The van der Waals surface area contributed by atoms with Gasteiger partial charge in [0.15, 0.2) is 11.6 Å². The zero-order valence-corrected chi connectivity index (χ0v) is 9.96. The Kier molecular flexibility index (Phi) is 2.45. The summed E-state index contributed by atoms with van der Waals surface area (Å²) in [4.78, 5) is 24.6. The lowest BCUT2D eigenvalue weighted by molar-refractivity contribution is 0.0708. The van der Waals surface area contributed by atoms with E-state index in [1.807, 2.05) is 26.0 Å². The molecule has 2 rings (SSSR count). The van der Waals surface area contributed by atoms with E-state index in [4.69, 9.17) is 0 Å². The van der Waals surface area contributed by atoms with Crippen molar-refractivity contribution in [3.8, 4) is 0 Å². The van der Waals surface area contributed by atoms with E-state index in [0.29, 0.717) is 17.5 Å². The zero-order chi connectivity index (χ0) is 11.9. The highest BCUT2D eigenvalue weighted by Gasteiger charge is 2.48. The van der Waals surface area contributed by atoms with Crippen LogP contribution in [-0.2, 0) is 0 Å². The standard InChI is InChI=1S/C14H16O2/c1-4-8-14(3)12(15)10-7-5-6-9(2)11(10)13(14)16/h5-7H,4,8H2,1-3H3. The number of benzene rings is 1. The summed E-state index contributed by atoms with van der Waals surface area (Å²) < 4.78 is 0. The van der Waals surface area contributed by atoms with E-state index in [1.165, 1.54) is 0 Å². The minimum atomic E-state index is -0.816. The Labute approximate surface area is 95.7 Å². The molecule has 0 spiro atoms. The maximum atomic E-state index is 12.3. The molecule has 1 atom stereocenters. The molecule has 16 heavy (non-hydrogen) atoms. The number of carbonyl (C=O) groups is 2. The van der Waals surface area contributed by atoms with Gasteiger partial charge >= 0.3 is 0 Å². The second-order valence-electron chi connectivity index (χ2n) is 4.74. The molecule has 0 amide bonds. The first-order valence-electron chi connectivity index (χ1n) is 5.71. The van der Waals surface area contributed by atoms with Crippen LogP contribution in [-0.4, -0.2) is 11.6 Å². The number of rotatable bonds is 2. The molecule has 0 heterocycles. The Hall–Kier alpha value is -1.44. The molecule has 0 aromatic heterocycles. The topological polar surface area (TPSA) is 34.1 Å². The molecule has 1 aromatic rings. The van der Waals surface area contributed by atoms with Crippen LogP contribution in [0.2, 0.25) is 0 Å². The predicted octanol–water partition coefficient (Wildman–Crippen LogP) is 3.18. The van der Waals surface area contributed by atoms with Crippen LogP contribution in [0.3, 0.4) is 0 Å². The van der Waals surface area contributed by atoms with Crippen LogP contribution in [0, 0.1) is 12.3 Å². The normalized spacial score (nSPS) is 23.7. The van der Waals surface area contributed by atoms with E-state index < -0.39 is 5.41 Å². The molecule has 1 aliphatic carbocycles. The number of fused-ring (bicyclic) bond motifs is 1. The van der Waals surface area contributed by atoms with Crippen molar-refractivity contribution >= 4 is 11.6 Å². The van der Waals surface area contributed by atoms with Crippen molar-refractivity contribution in [3.63, 3.8) is 0 Å². The fourth-order valence-corrected chi connectivity index (χ4v) is 2.56. The molecular formula is C14H16O2. The van der Waals surface area contributed by atoms with Gasteiger partial charge in [-0.2, -0.15) is 0 Å². The summed E-state index contributed by atoms with van der Waals surface area (Å²) in [6.45, 7) is 5.67. The van der Waals surface area contributed by atoms with Crippen molar-refractivity contribution in [3.05, 3.63) is 34.9 Å². The first kappa shape index (κ1) is 11.1.